The molecule has 7 heteroatoms. The van der Waals surface area contributed by atoms with Gasteiger partial charge in [0.15, 0.2) is 0 Å². The highest BCUT2D eigenvalue weighted by Crippen LogP contribution is 2.39. The Balaban J connectivity index is 2.22. The van der Waals surface area contributed by atoms with Crippen LogP contribution in [0.15, 0.2) is 30.3 Å². The Morgan fingerprint density at radius 2 is 1.82 bits per heavy atom. The molecular formula is C21H22F2N2O3. The molecule has 0 aliphatic carbocycles. The number of likely N-dealkylation sites (tertiary alicyclic amines) is 1. The van der Waals surface area contributed by atoms with Crippen LogP contribution in [-0.2, 0) is 4.79 Å². The number of nitro groups is 1. The second-order valence-electron chi connectivity index (χ2n) is 7.39. The predicted molar refractivity (Wildman–Crippen MR) is 101 cm³/mol. The summed E-state index contributed by atoms with van der Waals surface area (Å²) in [5, 5.41) is 11.2. The second-order valence-corrected chi connectivity index (χ2v) is 7.39. The first-order chi connectivity index (χ1) is 13.2. The molecule has 2 unspecified atom stereocenters. The van der Waals surface area contributed by atoms with Crippen LogP contribution in [0.1, 0.15) is 48.1 Å². The van der Waals surface area contributed by atoms with E-state index in [1.54, 1.807) is 18.7 Å². The molecule has 28 heavy (non-hydrogen) atoms. The van der Waals surface area contributed by atoms with Crippen LogP contribution in [0, 0.1) is 41.5 Å². The summed E-state index contributed by atoms with van der Waals surface area (Å²) < 4.78 is 28.2. The van der Waals surface area contributed by atoms with E-state index in [0.717, 1.165) is 18.9 Å². The van der Waals surface area contributed by atoms with Crippen molar-refractivity contribution in [2.75, 3.05) is 6.54 Å². The quantitative estimate of drug-likeness (QED) is 0.556. The number of nitrogens with zero attached hydrogens (tertiary/aromatic N) is 2. The molecule has 0 spiro atoms. The van der Waals surface area contributed by atoms with Crippen LogP contribution in [-0.4, -0.2) is 22.3 Å². The van der Waals surface area contributed by atoms with Crippen molar-refractivity contribution in [1.29, 1.82) is 0 Å². The lowest BCUT2D eigenvalue weighted by atomic mass is 9.87. The summed E-state index contributed by atoms with van der Waals surface area (Å²) in [6.45, 7) is 5.70. The van der Waals surface area contributed by atoms with Crippen LogP contribution < -0.4 is 0 Å². The number of rotatable bonds is 4. The van der Waals surface area contributed by atoms with Gasteiger partial charge in [-0.3, -0.25) is 14.9 Å². The number of amides is 1. The Morgan fingerprint density at radius 1 is 1.18 bits per heavy atom. The molecule has 1 saturated heterocycles. The smallest absolute Gasteiger partial charge is 0.269 e. The van der Waals surface area contributed by atoms with Gasteiger partial charge in [0.2, 0.25) is 5.91 Å². The molecule has 0 saturated carbocycles. The summed E-state index contributed by atoms with van der Waals surface area (Å²) in [6, 6.07) is 5.40. The number of carbonyl (C=O) groups excluding carboxylic acids is 1. The molecule has 148 valence electrons. The van der Waals surface area contributed by atoms with Crippen LogP contribution in [0.25, 0.3) is 0 Å². The highest BCUT2D eigenvalue weighted by atomic mass is 19.1. The molecule has 1 amide bonds. The van der Waals surface area contributed by atoms with Gasteiger partial charge >= 0.3 is 0 Å². The Hall–Kier alpha value is -2.83. The molecule has 0 radical (unpaired) electrons. The molecule has 1 aliphatic rings. The molecule has 3 rings (SSSR count). The minimum Gasteiger partial charge on any atom is -0.331 e. The van der Waals surface area contributed by atoms with Crippen LogP contribution >= 0.6 is 0 Å². The zero-order valence-corrected chi connectivity index (χ0v) is 16.0. The molecule has 5 nitrogen and oxygen atoms in total. The van der Waals surface area contributed by atoms with Crippen LogP contribution in [0.3, 0.4) is 0 Å². The molecule has 2 aromatic carbocycles. The van der Waals surface area contributed by atoms with Crippen molar-refractivity contribution in [2.24, 2.45) is 5.92 Å². The Bertz CT molecular complexity index is 922. The molecule has 1 heterocycles. The van der Waals surface area contributed by atoms with E-state index in [9.17, 15) is 23.7 Å². The first-order valence-electron chi connectivity index (χ1n) is 9.21. The number of aryl methyl sites for hydroxylation is 2. The van der Waals surface area contributed by atoms with Gasteiger partial charge in [-0.25, -0.2) is 8.78 Å². The average molecular weight is 388 g/mol. The van der Waals surface area contributed by atoms with E-state index in [1.165, 1.54) is 24.3 Å². The maximum absolute atomic E-state index is 14.8. The van der Waals surface area contributed by atoms with Gasteiger partial charge in [0, 0.05) is 36.2 Å². The van der Waals surface area contributed by atoms with Crippen LogP contribution in [0.5, 0.6) is 0 Å². The number of halogens is 2. The van der Waals surface area contributed by atoms with E-state index in [4.69, 9.17) is 0 Å². The molecule has 0 N–H and O–H groups in total. The number of nitro benzene ring substituents is 1. The van der Waals surface area contributed by atoms with Crippen molar-refractivity contribution in [3.63, 3.8) is 0 Å². The van der Waals surface area contributed by atoms with Crippen molar-refractivity contribution < 1.29 is 18.5 Å². The van der Waals surface area contributed by atoms with Crippen LogP contribution in [0.2, 0.25) is 0 Å². The predicted octanol–water partition coefficient (Wildman–Crippen LogP) is 4.84. The minimum atomic E-state index is -0.767. The Kier molecular flexibility index (Phi) is 5.45. The van der Waals surface area contributed by atoms with Crippen molar-refractivity contribution in [2.45, 2.75) is 39.7 Å². The fraction of sp³-hybridized carbons (Fsp3) is 0.381. The zero-order chi connectivity index (χ0) is 20.6. The first-order valence-corrected chi connectivity index (χ1v) is 9.21. The van der Waals surface area contributed by atoms with Crippen LogP contribution in [0.4, 0.5) is 14.5 Å². The third-order valence-electron chi connectivity index (χ3n) is 5.37. The summed E-state index contributed by atoms with van der Waals surface area (Å²) in [5.74, 6) is -1.74. The Morgan fingerprint density at radius 3 is 2.39 bits per heavy atom. The van der Waals surface area contributed by atoms with Gasteiger partial charge in [0.05, 0.1) is 11.0 Å². The lowest BCUT2D eigenvalue weighted by Gasteiger charge is -2.39. The first kappa shape index (κ1) is 19.9. The highest BCUT2D eigenvalue weighted by Gasteiger charge is 2.35. The Labute approximate surface area is 162 Å². The van der Waals surface area contributed by atoms with Crippen molar-refractivity contribution in [3.8, 4) is 0 Å². The summed E-state index contributed by atoms with van der Waals surface area (Å²) in [6.07, 6.45) is 1.53. The van der Waals surface area contributed by atoms with Gasteiger partial charge in [-0.2, -0.15) is 0 Å². The van der Waals surface area contributed by atoms with E-state index in [1.807, 2.05) is 6.92 Å². The molecular weight excluding hydrogens is 366 g/mol. The number of non-ortho nitro benzene ring substituents is 1. The summed E-state index contributed by atoms with van der Waals surface area (Å²) >= 11 is 0. The molecule has 0 aromatic heterocycles. The molecule has 2 atom stereocenters. The molecule has 1 fully saturated rings. The fourth-order valence-electron chi connectivity index (χ4n) is 4.03. The van der Waals surface area contributed by atoms with Crippen molar-refractivity contribution >= 4 is 11.6 Å². The van der Waals surface area contributed by atoms with Crippen molar-refractivity contribution in [1.82, 2.24) is 4.90 Å². The highest BCUT2D eigenvalue weighted by molar-refractivity contribution is 5.80. The molecule has 0 bridgehead atoms. The molecule has 2 aromatic rings. The standard InChI is InChI=1S/C21H22F2N2O3/c1-12-5-4-8-24(21(12)26)20(17-7-6-15(22)11-18(17)23)19-13(2)9-16(25(27)28)10-14(19)3/h6-7,9-12,20H,4-5,8H2,1-3H3. The van der Waals surface area contributed by atoms with E-state index in [2.05, 4.69) is 0 Å². The van der Waals surface area contributed by atoms with E-state index in [-0.39, 0.29) is 23.1 Å². The zero-order valence-electron chi connectivity index (χ0n) is 16.0. The van der Waals surface area contributed by atoms with Gasteiger partial charge in [-0.15, -0.1) is 0 Å². The third-order valence-corrected chi connectivity index (χ3v) is 5.37. The van der Waals surface area contributed by atoms with E-state index in [0.29, 0.717) is 23.2 Å². The second kappa shape index (κ2) is 7.66. The van der Waals surface area contributed by atoms with Gasteiger partial charge in [0.25, 0.3) is 5.69 Å². The normalized spacial score (nSPS) is 18.2. The van der Waals surface area contributed by atoms with Gasteiger partial charge < -0.3 is 4.90 Å². The number of piperidine rings is 1. The van der Waals surface area contributed by atoms with E-state index < -0.39 is 22.6 Å². The van der Waals surface area contributed by atoms with Gasteiger partial charge in [-0.05, 0) is 49.4 Å². The summed E-state index contributed by atoms with van der Waals surface area (Å²) in [5.41, 5.74) is 1.94. The topological polar surface area (TPSA) is 63.5 Å². The largest absolute Gasteiger partial charge is 0.331 e. The maximum atomic E-state index is 14.8. The minimum absolute atomic E-state index is 0.0598. The monoisotopic (exact) mass is 388 g/mol. The number of carbonyl (C=O) groups is 1. The lowest BCUT2D eigenvalue weighted by molar-refractivity contribution is -0.385. The molecule has 1 aliphatic heterocycles. The number of hydrogen-bond donors (Lipinski definition) is 0. The van der Waals surface area contributed by atoms with Gasteiger partial charge in [0.1, 0.15) is 11.6 Å². The van der Waals surface area contributed by atoms with Crippen molar-refractivity contribution in [3.05, 3.63) is 74.3 Å². The summed E-state index contributed by atoms with van der Waals surface area (Å²) in [4.78, 5) is 25.2. The van der Waals surface area contributed by atoms with E-state index >= 15 is 0 Å². The number of benzene rings is 2. The average Bonchev–Trinajstić information content (AvgIpc) is 2.61. The summed E-state index contributed by atoms with van der Waals surface area (Å²) in [7, 11) is 0. The number of hydrogen-bond acceptors (Lipinski definition) is 3. The lowest BCUT2D eigenvalue weighted by Crippen LogP contribution is -2.43. The third kappa shape index (κ3) is 3.61. The fourth-order valence-corrected chi connectivity index (χ4v) is 4.03. The van der Waals surface area contributed by atoms with Gasteiger partial charge in [-0.1, -0.05) is 13.0 Å². The maximum Gasteiger partial charge on any atom is 0.269 e. The SMILES string of the molecule is Cc1cc([N+](=O)[O-])cc(C)c1C(c1ccc(F)cc1F)N1CCCC(C)C1=O.